The predicted molar refractivity (Wildman–Crippen MR) is 77.7 cm³/mol. The van der Waals surface area contributed by atoms with Gasteiger partial charge in [-0.15, -0.1) is 0 Å². The molecule has 4 heteroatoms. The molecule has 0 aliphatic carbocycles. The van der Waals surface area contributed by atoms with Crippen molar-refractivity contribution in [1.82, 2.24) is 0 Å². The first-order valence-electron chi connectivity index (χ1n) is 6.49. The molecule has 1 heterocycles. The molecule has 1 N–H and O–H groups in total. The summed E-state index contributed by atoms with van der Waals surface area (Å²) in [5.74, 6) is 1.37. The molecular weight excluding hydrogens is 276 g/mol. The SMILES string of the molecule is Cc1ccc(C(O)c2ccc3c(c2)OCCO3)c(Cl)c1. The van der Waals surface area contributed by atoms with Gasteiger partial charge >= 0.3 is 0 Å². The Kier molecular flexibility index (Phi) is 3.55. The van der Waals surface area contributed by atoms with E-state index in [1.165, 1.54) is 0 Å². The highest BCUT2D eigenvalue weighted by Gasteiger charge is 2.18. The van der Waals surface area contributed by atoms with Gasteiger partial charge in [0.15, 0.2) is 11.5 Å². The van der Waals surface area contributed by atoms with Gasteiger partial charge in [-0.2, -0.15) is 0 Å². The molecule has 1 atom stereocenters. The number of hydrogen-bond donors (Lipinski definition) is 1. The monoisotopic (exact) mass is 290 g/mol. The molecular formula is C16H15ClO3. The summed E-state index contributed by atoms with van der Waals surface area (Å²) < 4.78 is 11.0. The van der Waals surface area contributed by atoms with E-state index in [4.69, 9.17) is 21.1 Å². The standard InChI is InChI=1S/C16H15ClO3/c1-10-2-4-12(13(17)8-10)16(18)11-3-5-14-15(9-11)20-7-6-19-14/h2-5,8-9,16,18H,6-7H2,1H3. The lowest BCUT2D eigenvalue weighted by molar-refractivity contribution is 0.169. The molecule has 3 rings (SSSR count). The van der Waals surface area contributed by atoms with Gasteiger partial charge in [0.05, 0.1) is 0 Å². The van der Waals surface area contributed by atoms with Crippen LogP contribution in [0.25, 0.3) is 0 Å². The highest BCUT2D eigenvalue weighted by molar-refractivity contribution is 6.31. The van der Waals surface area contributed by atoms with Crippen LogP contribution >= 0.6 is 11.6 Å². The zero-order valence-electron chi connectivity index (χ0n) is 11.1. The van der Waals surface area contributed by atoms with Crippen molar-refractivity contribution < 1.29 is 14.6 Å². The Morgan fingerprint density at radius 1 is 1.05 bits per heavy atom. The molecule has 0 bridgehead atoms. The molecule has 2 aromatic rings. The molecule has 2 aromatic carbocycles. The molecule has 0 spiro atoms. The second-order valence-corrected chi connectivity index (χ2v) is 5.24. The van der Waals surface area contributed by atoms with Crippen molar-refractivity contribution in [3.63, 3.8) is 0 Å². The molecule has 0 radical (unpaired) electrons. The van der Waals surface area contributed by atoms with Crippen LogP contribution in [0.3, 0.4) is 0 Å². The van der Waals surface area contributed by atoms with Gasteiger partial charge in [0.1, 0.15) is 19.3 Å². The molecule has 0 fully saturated rings. The van der Waals surface area contributed by atoms with Gasteiger partial charge in [0, 0.05) is 10.6 Å². The molecule has 0 saturated carbocycles. The first-order valence-corrected chi connectivity index (χ1v) is 6.86. The van der Waals surface area contributed by atoms with Gasteiger partial charge in [0.2, 0.25) is 0 Å². The van der Waals surface area contributed by atoms with Gasteiger partial charge < -0.3 is 14.6 Å². The first kappa shape index (κ1) is 13.3. The number of halogens is 1. The van der Waals surface area contributed by atoms with Crippen molar-refractivity contribution in [3.05, 3.63) is 58.1 Å². The van der Waals surface area contributed by atoms with Crippen molar-refractivity contribution in [3.8, 4) is 11.5 Å². The molecule has 3 nitrogen and oxygen atoms in total. The Bertz CT molecular complexity index is 640. The fourth-order valence-corrected chi connectivity index (χ4v) is 2.60. The Hall–Kier alpha value is -1.71. The lowest BCUT2D eigenvalue weighted by Gasteiger charge is -2.20. The van der Waals surface area contributed by atoms with Crippen LogP contribution in [0.1, 0.15) is 22.8 Å². The van der Waals surface area contributed by atoms with Crippen LogP contribution in [0, 0.1) is 6.92 Å². The van der Waals surface area contributed by atoms with Crippen LogP contribution in [0.5, 0.6) is 11.5 Å². The fourth-order valence-electron chi connectivity index (χ4n) is 2.26. The summed E-state index contributed by atoms with van der Waals surface area (Å²) in [6, 6.07) is 11.1. The third-order valence-electron chi connectivity index (χ3n) is 3.33. The third kappa shape index (κ3) is 2.47. The molecule has 1 aliphatic rings. The second-order valence-electron chi connectivity index (χ2n) is 4.83. The van der Waals surface area contributed by atoms with Crippen LogP contribution in [0.15, 0.2) is 36.4 Å². The lowest BCUT2D eigenvalue weighted by atomic mass is 10.00. The smallest absolute Gasteiger partial charge is 0.161 e. The van der Waals surface area contributed by atoms with Crippen LogP contribution in [-0.4, -0.2) is 18.3 Å². The Balaban J connectivity index is 1.95. The van der Waals surface area contributed by atoms with Gasteiger partial charge in [0.25, 0.3) is 0 Å². The quantitative estimate of drug-likeness (QED) is 0.920. The van der Waals surface area contributed by atoms with Crippen LogP contribution in [0.4, 0.5) is 0 Å². The first-order chi connectivity index (χ1) is 9.65. The Labute approximate surface area is 122 Å². The number of ether oxygens (including phenoxy) is 2. The lowest BCUT2D eigenvalue weighted by Crippen LogP contribution is -2.15. The average Bonchev–Trinajstić information content (AvgIpc) is 2.46. The normalized spacial score (nSPS) is 14.9. The van der Waals surface area contributed by atoms with Crippen molar-refractivity contribution in [2.45, 2.75) is 13.0 Å². The largest absolute Gasteiger partial charge is 0.486 e. The zero-order valence-corrected chi connectivity index (χ0v) is 11.9. The van der Waals surface area contributed by atoms with E-state index in [0.717, 1.165) is 11.1 Å². The van der Waals surface area contributed by atoms with Crippen LogP contribution in [0.2, 0.25) is 5.02 Å². The molecule has 0 aromatic heterocycles. The van der Waals surface area contributed by atoms with Gasteiger partial charge in [-0.1, -0.05) is 29.8 Å². The fraction of sp³-hybridized carbons (Fsp3) is 0.250. The Morgan fingerprint density at radius 2 is 1.80 bits per heavy atom. The highest BCUT2D eigenvalue weighted by Crippen LogP contribution is 2.35. The van der Waals surface area contributed by atoms with E-state index in [1.807, 2.05) is 37.3 Å². The molecule has 0 saturated heterocycles. The summed E-state index contributed by atoms with van der Waals surface area (Å²) in [6.45, 7) is 3.04. The van der Waals surface area contributed by atoms with Crippen molar-refractivity contribution >= 4 is 11.6 Å². The van der Waals surface area contributed by atoms with Crippen LogP contribution in [-0.2, 0) is 0 Å². The number of aliphatic hydroxyl groups excluding tert-OH is 1. The number of hydrogen-bond acceptors (Lipinski definition) is 3. The number of aryl methyl sites for hydroxylation is 1. The molecule has 20 heavy (non-hydrogen) atoms. The van der Waals surface area contributed by atoms with Crippen molar-refractivity contribution in [2.24, 2.45) is 0 Å². The number of benzene rings is 2. The minimum atomic E-state index is -0.779. The minimum absolute atomic E-state index is 0.526. The zero-order chi connectivity index (χ0) is 14.1. The van der Waals surface area contributed by atoms with E-state index in [2.05, 4.69) is 0 Å². The molecule has 1 unspecified atom stereocenters. The van der Waals surface area contributed by atoms with E-state index in [9.17, 15) is 5.11 Å². The highest BCUT2D eigenvalue weighted by atomic mass is 35.5. The third-order valence-corrected chi connectivity index (χ3v) is 3.66. The average molecular weight is 291 g/mol. The van der Waals surface area contributed by atoms with Gasteiger partial charge in [-0.05, 0) is 36.2 Å². The van der Waals surface area contributed by atoms with E-state index in [1.54, 1.807) is 6.07 Å². The van der Waals surface area contributed by atoms with Crippen LogP contribution < -0.4 is 9.47 Å². The summed E-state index contributed by atoms with van der Waals surface area (Å²) in [6.07, 6.45) is -0.779. The number of fused-ring (bicyclic) bond motifs is 1. The number of aliphatic hydroxyl groups is 1. The summed E-state index contributed by atoms with van der Waals surface area (Å²) in [5.41, 5.74) is 2.49. The minimum Gasteiger partial charge on any atom is -0.486 e. The molecule has 1 aliphatic heterocycles. The molecule has 104 valence electrons. The van der Waals surface area contributed by atoms with Crippen molar-refractivity contribution in [2.75, 3.05) is 13.2 Å². The van der Waals surface area contributed by atoms with E-state index in [-0.39, 0.29) is 0 Å². The van der Waals surface area contributed by atoms with E-state index in [0.29, 0.717) is 35.3 Å². The predicted octanol–water partition coefficient (Wildman–Crippen LogP) is 3.50. The summed E-state index contributed by atoms with van der Waals surface area (Å²) in [7, 11) is 0. The summed E-state index contributed by atoms with van der Waals surface area (Å²) >= 11 is 6.20. The van der Waals surface area contributed by atoms with E-state index < -0.39 is 6.10 Å². The van der Waals surface area contributed by atoms with Crippen molar-refractivity contribution in [1.29, 1.82) is 0 Å². The maximum Gasteiger partial charge on any atom is 0.161 e. The van der Waals surface area contributed by atoms with E-state index >= 15 is 0 Å². The maximum absolute atomic E-state index is 10.5. The summed E-state index contributed by atoms with van der Waals surface area (Å²) in [5, 5.41) is 11.0. The maximum atomic E-state index is 10.5. The topological polar surface area (TPSA) is 38.7 Å². The summed E-state index contributed by atoms with van der Waals surface area (Å²) in [4.78, 5) is 0. The molecule has 0 amide bonds. The van der Waals surface area contributed by atoms with Gasteiger partial charge in [-0.3, -0.25) is 0 Å². The number of rotatable bonds is 2. The Morgan fingerprint density at radius 3 is 2.55 bits per heavy atom. The van der Waals surface area contributed by atoms with Gasteiger partial charge in [-0.25, -0.2) is 0 Å². The second kappa shape index (κ2) is 5.35.